The summed E-state index contributed by atoms with van der Waals surface area (Å²) in [7, 11) is 2.14. The summed E-state index contributed by atoms with van der Waals surface area (Å²) in [6.45, 7) is 4.00. The highest BCUT2D eigenvalue weighted by Crippen LogP contribution is 2.42. The highest BCUT2D eigenvalue weighted by Gasteiger charge is 2.29. The summed E-state index contributed by atoms with van der Waals surface area (Å²) >= 11 is 0. The van der Waals surface area contributed by atoms with Crippen molar-refractivity contribution >= 4 is 11.5 Å². The number of nitrogens with one attached hydrogen (secondary N) is 1. The van der Waals surface area contributed by atoms with Gasteiger partial charge in [-0.05, 0) is 19.5 Å². The molecule has 1 atom stereocenters. The topological polar surface area (TPSA) is 54.2 Å². The zero-order valence-corrected chi connectivity index (χ0v) is 13.6. The lowest BCUT2D eigenvalue weighted by Gasteiger charge is -2.32. The molecule has 1 aromatic carbocycles. The van der Waals surface area contributed by atoms with E-state index in [0.717, 1.165) is 48.0 Å². The molecule has 0 amide bonds. The monoisotopic (exact) mass is 306 g/mol. The van der Waals surface area contributed by atoms with E-state index in [9.17, 15) is 0 Å². The van der Waals surface area contributed by atoms with E-state index in [2.05, 4.69) is 54.5 Å². The van der Waals surface area contributed by atoms with Crippen molar-refractivity contribution in [1.82, 2.24) is 9.88 Å². The van der Waals surface area contributed by atoms with E-state index in [1.165, 1.54) is 11.1 Å². The highest BCUT2D eigenvalue weighted by molar-refractivity contribution is 5.72. The van der Waals surface area contributed by atoms with Crippen molar-refractivity contribution in [2.45, 2.75) is 25.8 Å². The number of allylic oxidation sites excluding steroid dienone is 2. The van der Waals surface area contributed by atoms with Crippen molar-refractivity contribution < 1.29 is 0 Å². The van der Waals surface area contributed by atoms with Crippen LogP contribution in [0, 0.1) is 0 Å². The smallest absolute Gasteiger partial charge is 0.136 e. The Labute approximate surface area is 137 Å². The molecule has 0 saturated carbocycles. The lowest BCUT2D eigenvalue weighted by Crippen LogP contribution is -2.30. The highest BCUT2D eigenvalue weighted by atomic mass is 15.1. The van der Waals surface area contributed by atoms with Gasteiger partial charge in [-0.2, -0.15) is 0 Å². The van der Waals surface area contributed by atoms with Crippen LogP contribution in [0.4, 0.5) is 11.5 Å². The van der Waals surface area contributed by atoms with Gasteiger partial charge in [0, 0.05) is 47.9 Å². The molecule has 2 aliphatic heterocycles. The zero-order chi connectivity index (χ0) is 16.0. The van der Waals surface area contributed by atoms with Crippen LogP contribution in [0.3, 0.4) is 0 Å². The third-order valence-corrected chi connectivity index (χ3v) is 4.83. The predicted molar refractivity (Wildman–Crippen MR) is 94.4 cm³/mol. The summed E-state index contributed by atoms with van der Waals surface area (Å²) in [5, 5.41) is 3.42. The van der Waals surface area contributed by atoms with E-state index >= 15 is 0 Å². The fourth-order valence-electron chi connectivity index (χ4n) is 3.63. The van der Waals surface area contributed by atoms with E-state index in [0.29, 0.717) is 0 Å². The molecule has 0 bridgehead atoms. The summed E-state index contributed by atoms with van der Waals surface area (Å²) in [4.78, 5) is 7.22. The first-order valence-corrected chi connectivity index (χ1v) is 8.13. The van der Waals surface area contributed by atoms with Crippen LogP contribution in [-0.4, -0.2) is 23.5 Å². The molecule has 2 aromatic rings. The van der Waals surface area contributed by atoms with Crippen molar-refractivity contribution in [1.29, 1.82) is 0 Å². The molecule has 4 rings (SSSR count). The summed E-state index contributed by atoms with van der Waals surface area (Å²) in [5.74, 6) is 1.09. The summed E-state index contributed by atoms with van der Waals surface area (Å²) in [5.41, 5.74) is 13.4. The standard InChI is InChI=1S/C19H22N4/c1-12-10-14(13-6-4-3-5-7-13)17-18(20)15-11-23(2)9-8-16(15)22-19(17)21-12/h3-7,10,14H,8-9,11H2,1-2H3,(H3,20,21,22). The minimum Gasteiger partial charge on any atom is -0.398 e. The number of benzene rings is 1. The molecule has 0 saturated heterocycles. The normalized spacial score (nSPS) is 20.3. The molecule has 0 radical (unpaired) electrons. The quantitative estimate of drug-likeness (QED) is 0.850. The van der Waals surface area contributed by atoms with E-state index in [4.69, 9.17) is 10.7 Å². The Kier molecular flexibility index (Phi) is 3.34. The van der Waals surface area contributed by atoms with Crippen LogP contribution in [0.1, 0.15) is 35.2 Å². The molecule has 3 N–H and O–H groups in total. The van der Waals surface area contributed by atoms with Crippen LogP contribution in [-0.2, 0) is 13.0 Å². The molecule has 1 unspecified atom stereocenters. The van der Waals surface area contributed by atoms with Gasteiger partial charge in [-0.15, -0.1) is 0 Å². The van der Waals surface area contributed by atoms with Crippen LogP contribution >= 0.6 is 0 Å². The maximum atomic E-state index is 6.62. The van der Waals surface area contributed by atoms with E-state index in [1.807, 2.05) is 6.07 Å². The Morgan fingerprint density at radius 3 is 2.83 bits per heavy atom. The second-order valence-corrected chi connectivity index (χ2v) is 6.56. The second-order valence-electron chi connectivity index (χ2n) is 6.56. The minimum atomic E-state index is 0.164. The van der Waals surface area contributed by atoms with Crippen molar-refractivity contribution in [3.8, 4) is 0 Å². The molecular formula is C19H22N4. The van der Waals surface area contributed by atoms with Gasteiger partial charge in [0.1, 0.15) is 5.82 Å². The third-order valence-electron chi connectivity index (χ3n) is 4.83. The van der Waals surface area contributed by atoms with Gasteiger partial charge in [-0.3, -0.25) is 0 Å². The number of hydrogen-bond donors (Lipinski definition) is 2. The molecule has 0 aliphatic carbocycles. The van der Waals surface area contributed by atoms with Crippen LogP contribution in [0.2, 0.25) is 0 Å². The molecule has 2 aliphatic rings. The number of aromatic nitrogens is 1. The van der Waals surface area contributed by atoms with E-state index in [1.54, 1.807) is 0 Å². The molecule has 0 spiro atoms. The number of rotatable bonds is 1. The van der Waals surface area contributed by atoms with Crippen LogP contribution < -0.4 is 11.1 Å². The van der Waals surface area contributed by atoms with Crippen molar-refractivity contribution in [2.75, 3.05) is 24.6 Å². The molecule has 4 heteroatoms. The van der Waals surface area contributed by atoms with Gasteiger partial charge in [-0.25, -0.2) is 4.98 Å². The Morgan fingerprint density at radius 1 is 1.26 bits per heavy atom. The van der Waals surface area contributed by atoms with E-state index in [-0.39, 0.29) is 5.92 Å². The average Bonchev–Trinajstić information content (AvgIpc) is 2.55. The number of anilines is 2. The van der Waals surface area contributed by atoms with Crippen molar-refractivity contribution in [2.24, 2.45) is 0 Å². The lowest BCUT2D eigenvalue weighted by atomic mass is 9.85. The first-order valence-electron chi connectivity index (χ1n) is 8.13. The number of likely N-dealkylation sites (N-methyl/N-ethyl adjacent to an activating group) is 1. The van der Waals surface area contributed by atoms with Gasteiger partial charge in [0.15, 0.2) is 0 Å². The predicted octanol–water partition coefficient (Wildman–Crippen LogP) is 3.11. The van der Waals surface area contributed by atoms with Crippen LogP contribution in [0.25, 0.3) is 0 Å². The Balaban J connectivity index is 1.90. The molecule has 0 fully saturated rings. The van der Waals surface area contributed by atoms with Gasteiger partial charge in [0.05, 0.1) is 5.69 Å². The number of fused-ring (bicyclic) bond motifs is 2. The number of nitrogens with two attached hydrogens (primary N) is 1. The SMILES string of the molecule is CC1=CC(c2ccccc2)c2c(nc3c(c2N)CN(C)CC3)N1. The fraction of sp³-hybridized carbons (Fsp3) is 0.316. The van der Waals surface area contributed by atoms with Crippen LogP contribution in [0.5, 0.6) is 0 Å². The number of nitrogen functional groups attached to an aromatic ring is 1. The fourth-order valence-corrected chi connectivity index (χ4v) is 3.63. The molecule has 4 nitrogen and oxygen atoms in total. The molecule has 3 heterocycles. The number of nitrogens with zero attached hydrogens (tertiary/aromatic N) is 2. The second kappa shape index (κ2) is 5.39. The van der Waals surface area contributed by atoms with Gasteiger partial charge in [-0.1, -0.05) is 36.4 Å². The van der Waals surface area contributed by atoms with Gasteiger partial charge in [0.2, 0.25) is 0 Å². The molecular weight excluding hydrogens is 284 g/mol. The molecule has 23 heavy (non-hydrogen) atoms. The van der Waals surface area contributed by atoms with Crippen molar-refractivity contribution in [3.05, 3.63) is 64.5 Å². The summed E-state index contributed by atoms with van der Waals surface area (Å²) in [6.07, 6.45) is 3.21. The maximum Gasteiger partial charge on any atom is 0.136 e. The van der Waals surface area contributed by atoms with Gasteiger partial charge in [0.25, 0.3) is 0 Å². The largest absolute Gasteiger partial charge is 0.398 e. The number of hydrogen-bond acceptors (Lipinski definition) is 4. The number of pyridine rings is 1. The molecule has 1 aromatic heterocycles. The van der Waals surface area contributed by atoms with Crippen LogP contribution in [0.15, 0.2) is 42.1 Å². The lowest BCUT2D eigenvalue weighted by molar-refractivity contribution is 0.310. The first-order chi connectivity index (χ1) is 11.1. The summed E-state index contributed by atoms with van der Waals surface area (Å²) in [6, 6.07) is 10.5. The van der Waals surface area contributed by atoms with Gasteiger partial charge >= 0.3 is 0 Å². The Morgan fingerprint density at radius 2 is 2.04 bits per heavy atom. The summed E-state index contributed by atoms with van der Waals surface area (Å²) < 4.78 is 0. The first kappa shape index (κ1) is 14.3. The maximum absolute atomic E-state index is 6.62. The third kappa shape index (κ3) is 2.39. The Bertz CT molecular complexity index is 780. The Hall–Kier alpha value is -2.33. The minimum absolute atomic E-state index is 0.164. The molecule has 118 valence electrons. The average molecular weight is 306 g/mol. The van der Waals surface area contributed by atoms with E-state index < -0.39 is 0 Å². The van der Waals surface area contributed by atoms with Crippen molar-refractivity contribution in [3.63, 3.8) is 0 Å². The zero-order valence-electron chi connectivity index (χ0n) is 13.6. The van der Waals surface area contributed by atoms with Gasteiger partial charge < -0.3 is 16.0 Å².